The molecule has 1 aliphatic heterocycles. The lowest BCUT2D eigenvalue weighted by Gasteiger charge is -2.31. The maximum absolute atomic E-state index is 11.4. The van der Waals surface area contributed by atoms with Crippen LogP contribution in [0.1, 0.15) is 33.7 Å². The summed E-state index contributed by atoms with van der Waals surface area (Å²) in [6, 6.07) is 15.1. The van der Waals surface area contributed by atoms with Crippen molar-refractivity contribution in [2.45, 2.75) is 19.6 Å². The van der Waals surface area contributed by atoms with Crippen molar-refractivity contribution in [3.05, 3.63) is 71.4 Å². The number of carbonyl (C=O) groups is 1. The third-order valence-corrected chi connectivity index (χ3v) is 4.80. The van der Waals surface area contributed by atoms with Gasteiger partial charge in [-0.05, 0) is 29.7 Å². The molecule has 4 rings (SSSR count). The van der Waals surface area contributed by atoms with E-state index in [4.69, 9.17) is 9.26 Å². The van der Waals surface area contributed by atoms with Gasteiger partial charge in [0.15, 0.2) is 5.82 Å². The number of aromatic nitrogens is 2. The van der Waals surface area contributed by atoms with E-state index in [1.165, 1.54) is 0 Å². The van der Waals surface area contributed by atoms with Crippen LogP contribution in [0.2, 0.25) is 0 Å². The number of aryl methyl sites for hydroxylation is 1. The average molecular weight is 379 g/mol. The van der Waals surface area contributed by atoms with Crippen molar-refractivity contribution in [2.24, 2.45) is 0 Å². The Balaban J connectivity index is 1.45. The molecule has 0 bridgehead atoms. The quantitative estimate of drug-likeness (QED) is 0.727. The van der Waals surface area contributed by atoms with E-state index >= 15 is 0 Å². The first kappa shape index (κ1) is 18.3. The van der Waals surface area contributed by atoms with Gasteiger partial charge in [0.2, 0.25) is 0 Å². The molecule has 0 radical (unpaired) electrons. The zero-order valence-corrected chi connectivity index (χ0v) is 15.5. The average Bonchev–Trinajstić information content (AvgIpc) is 3.15. The van der Waals surface area contributed by atoms with Gasteiger partial charge in [-0.2, -0.15) is 4.98 Å². The van der Waals surface area contributed by atoms with Crippen LogP contribution in [0.3, 0.4) is 0 Å². The smallest absolute Gasteiger partial charge is 0.336 e. The van der Waals surface area contributed by atoms with Gasteiger partial charge < -0.3 is 14.4 Å². The van der Waals surface area contributed by atoms with Crippen LogP contribution in [0, 0.1) is 6.92 Å². The van der Waals surface area contributed by atoms with E-state index in [-0.39, 0.29) is 6.10 Å². The van der Waals surface area contributed by atoms with Crippen molar-refractivity contribution >= 4 is 5.97 Å². The summed E-state index contributed by atoms with van der Waals surface area (Å²) in [7, 11) is 0. The fourth-order valence-corrected chi connectivity index (χ4v) is 3.41. The highest BCUT2D eigenvalue weighted by atomic mass is 16.5. The number of hydrogen-bond donors (Lipinski definition) is 1. The van der Waals surface area contributed by atoms with Gasteiger partial charge in [0.1, 0.15) is 6.10 Å². The van der Waals surface area contributed by atoms with Crippen molar-refractivity contribution in [2.75, 3.05) is 19.7 Å². The van der Waals surface area contributed by atoms with Crippen molar-refractivity contribution in [1.82, 2.24) is 15.0 Å². The lowest BCUT2D eigenvalue weighted by atomic mass is 9.98. The van der Waals surface area contributed by atoms with Gasteiger partial charge in [-0.1, -0.05) is 47.6 Å². The molecule has 0 aliphatic carbocycles. The summed E-state index contributed by atoms with van der Waals surface area (Å²) in [5, 5.41) is 13.2. The van der Waals surface area contributed by atoms with E-state index in [2.05, 4.69) is 15.0 Å². The Labute approximate surface area is 162 Å². The fraction of sp³-hybridized carbons (Fsp3) is 0.286. The molecule has 2 heterocycles. The zero-order valence-electron chi connectivity index (χ0n) is 15.5. The lowest BCUT2D eigenvalue weighted by Crippen LogP contribution is -2.37. The maximum Gasteiger partial charge on any atom is 0.336 e. The number of ether oxygens (including phenoxy) is 1. The summed E-state index contributed by atoms with van der Waals surface area (Å²) in [5.74, 6) is 0.200. The maximum atomic E-state index is 11.4. The van der Waals surface area contributed by atoms with Crippen LogP contribution < -0.4 is 0 Å². The largest absolute Gasteiger partial charge is 0.478 e. The first-order valence-electron chi connectivity index (χ1n) is 9.16. The minimum absolute atomic E-state index is 0.211. The van der Waals surface area contributed by atoms with Crippen molar-refractivity contribution < 1.29 is 19.2 Å². The molecule has 0 amide bonds. The van der Waals surface area contributed by atoms with Crippen LogP contribution in [0.5, 0.6) is 0 Å². The first-order chi connectivity index (χ1) is 13.6. The Morgan fingerprint density at radius 3 is 2.71 bits per heavy atom. The number of rotatable bonds is 5. The highest BCUT2D eigenvalue weighted by Crippen LogP contribution is 2.26. The number of benzene rings is 2. The van der Waals surface area contributed by atoms with Gasteiger partial charge in [-0.15, -0.1) is 0 Å². The van der Waals surface area contributed by atoms with Gasteiger partial charge in [-0.25, -0.2) is 4.79 Å². The third-order valence-electron chi connectivity index (χ3n) is 4.80. The molecule has 7 heteroatoms. The molecule has 28 heavy (non-hydrogen) atoms. The number of aromatic carboxylic acids is 1. The molecule has 0 saturated carbocycles. The Morgan fingerprint density at radius 1 is 1.21 bits per heavy atom. The molecule has 144 valence electrons. The van der Waals surface area contributed by atoms with Crippen LogP contribution >= 0.6 is 0 Å². The molecule has 1 aromatic heterocycles. The Bertz CT molecular complexity index is 968. The molecular weight excluding hydrogens is 358 g/mol. The number of carboxylic acids is 1. The SMILES string of the molecule is Cc1noc([C@@H]2CN(Cc3ccc(-c4ccccc4C(=O)O)cc3)CCO2)n1. The van der Waals surface area contributed by atoms with E-state index < -0.39 is 5.97 Å². The normalized spacial score (nSPS) is 17.5. The number of hydrogen-bond acceptors (Lipinski definition) is 6. The Hall–Kier alpha value is -3.03. The number of carboxylic acid groups (broad SMARTS) is 1. The monoisotopic (exact) mass is 379 g/mol. The summed E-state index contributed by atoms with van der Waals surface area (Å²) in [6.07, 6.45) is -0.211. The summed E-state index contributed by atoms with van der Waals surface area (Å²) in [5.41, 5.74) is 3.07. The summed E-state index contributed by atoms with van der Waals surface area (Å²) in [6.45, 7) is 4.68. The van der Waals surface area contributed by atoms with Crippen LogP contribution in [0.15, 0.2) is 53.1 Å². The molecule has 1 N–H and O–H groups in total. The molecule has 1 fully saturated rings. The Morgan fingerprint density at radius 2 is 2.00 bits per heavy atom. The van der Waals surface area contributed by atoms with E-state index in [1.54, 1.807) is 19.1 Å². The zero-order chi connectivity index (χ0) is 19.5. The fourth-order valence-electron chi connectivity index (χ4n) is 3.41. The molecule has 7 nitrogen and oxygen atoms in total. The van der Waals surface area contributed by atoms with Crippen LogP contribution in [-0.4, -0.2) is 45.8 Å². The molecule has 0 spiro atoms. The standard InChI is InChI=1S/C21H21N3O4/c1-14-22-20(28-23-14)19-13-24(10-11-27-19)12-15-6-8-16(9-7-15)17-4-2-3-5-18(17)21(25)26/h2-9,19H,10-13H2,1H3,(H,25,26)/t19-/m0/s1. The van der Waals surface area contributed by atoms with Crippen LogP contribution in [0.4, 0.5) is 0 Å². The first-order valence-corrected chi connectivity index (χ1v) is 9.16. The molecule has 3 aromatic rings. The van der Waals surface area contributed by atoms with Crippen molar-refractivity contribution in [3.8, 4) is 11.1 Å². The number of morpholine rings is 1. The Kier molecular flexibility index (Phi) is 5.18. The van der Waals surface area contributed by atoms with Gasteiger partial charge in [-0.3, -0.25) is 4.90 Å². The third kappa shape index (κ3) is 3.95. The minimum atomic E-state index is -0.921. The van der Waals surface area contributed by atoms with Gasteiger partial charge >= 0.3 is 5.97 Å². The second-order valence-electron chi connectivity index (χ2n) is 6.82. The molecule has 0 unspecified atom stereocenters. The van der Waals surface area contributed by atoms with E-state index in [9.17, 15) is 9.90 Å². The topological polar surface area (TPSA) is 88.7 Å². The van der Waals surface area contributed by atoms with Crippen LogP contribution in [0.25, 0.3) is 11.1 Å². The summed E-state index contributed by atoms with van der Waals surface area (Å²) >= 11 is 0. The molecular formula is C21H21N3O4. The van der Waals surface area contributed by atoms with Gasteiger partial charge in [0.05, 0.1) is 12.2 Å². The van der Waals surface area contributed by atoms with E-state index in [1.807, 2.05) is 36.4 Å². The molecule has 1 atom stereocenters. The highest BCUT2D eigenvalue weighted by Gasteiger charge is 2.26. The van der Waals surface area contributed by atoms with Gasteiger partial charge in [0, 0.05) is 19.6 Å². The summed E-state index contributed by atoms with van der Waals surface area (Å²) in [4.78, 5) is 18.0. The summed E-state index contributed by atoms with van der Waals surface area (Å²) < 4.78 is 11.0. The molecule has 1 saturated heterocycles. The minimum Gasteiger partial charge on any atom is -0.478 e. The van der Waals surface area contributed by atoms with Crippen molar-refractivity contribution in [1.29, 1.82) is 0 Å². The van der Waals surface area contributed by atoms with E-state index in [0.29, 0.717) is 30.4 Å². The van der Waals surface area contributed by atoms with Crippen molar-refractivity contribution in [3.63, 3.8) is 0 Å². The predicted molar refractivity (Wildman–Crippen MR) is 102 cm³/mol. The predicted octanol–water partition coefficient (Wildman–Crippen LogP) is 3.32. The number of nitrogens with zero attached hydrogens (tertiary/aromatic N) is 3. The lowest BCUT2D eigenvalue weighted by molar-refractivity contribution is -0.0475. The second-order valence-corrected chi connectivity index (χ2v) is 6.82. The molecule has 2 aromatic carbocycles. The van der Waals surface area contributed by atoms with Crippen LogP contribution in [-0.2, 0) is 11.3 Å². The second kappa shape index (κ2) is 7.92. The molecule has 1 aliphatic rings. The van der Waals surface area contributed by atoms with Gasteiger partial charge in [0.25, 0.3) is 5.89 Å². The highest BCUT2D eigenvalue weighted by molar-refractivity contribution is 5.95. The van der Waals surface area contributed by atoms with E-state index in [0.717, 1.165) is 29.8 Å².